The lowest BCUT2D eigenvalue weighted by Gasteiger charge is -2.11. The molecule has 0 saturated carbocycles. The van der Waals surface area contributed by atoms with Crippen LogP contribution in [-0.2, 0) is 16.2 Å². The first-order valence-corrected chi connectivity index (χ1v) is 7.34. The number of hydrogen-bond acceptors (Lipinski definition) is 2. The molecule has 2 rings (SSSR count). The molecule has 0 fully saturated rings. The van der Waals surface area contributed by atoms with Gasteiger partial charge in [0.1, 0.15) is 0 Å². The molecule has 0 aliphatic rings. The van der Waals surface area contributed by atoms with Gasteiger partial charge in [-0.1, -0.05) is 0 Å². The van der Waals surface area contributed by atoms with Gasteiger partial charge in [0.2, 0.25) is 0 Å². The first kappa shape index (κ1) is 17.1. The monoisotopic (exact) mass is 355 g/mol. The van der Waals surface area contributed by atoms with E-state index in [4.69, 9.17) is 0 Å². The molecule has 0 saturated heterocycles. The number of rotatable bonds is 3. The fourth-order valence-corrected chi connectivity index (χ4v) is 2.69. The van der Waals surface area contributed by atoms with Crippen molar-refractivity contribution < 1.29 is 34.8 Å². The molecular formula is C13H7F6NO2S. The van der Waals surface area contributed by atoms with Crippen LogP contribution in [0.5, 0.6) is 0 Å². The van der Waals surface area contributed by atoms with Crippen molar-refractivity contribution in [1.29, 1.82) is 0 Å². The van der Waals surface area contributed by atoms with Gasteiger partial charge >= 0.3 is 6.18 Å². The standard InChI is InChI=1S/C13H7F6NO2S/c14-9-5-6-10(12(16)11(9)15)20-23(21,22)8-3-1-7(2-4-8)13(17,18)19/h1-6,20H. The van der Waals surface area contributed by atoms with Crippen LogP contribution in [0.2, 0.25) is 0 Å². The average molecular weight is 355 g/mol. The molecule has 0 amide bonds. The zero-order chi connectivity index (χ0) is 17.4. The van der Waals surface area contributed by atoms with Gasteiger partial charge in [-0.05, 0) is 36.4 Å². The maximum Gasteiger partial charge on any atom is 0.416 e. The van der Waals surface area contributed by atoms with Crippen LogP contribution in [0.3, 0.4) is 0 Å². The minimum absolute atomic E-state index is 0.503. The molecule has 0 spiro atoms. The molecule has 1 N–H and O–H groups in total. The van der Waals surface area contributed by atoms with Crippen molar-refractivity contribution in [3.05, 3.63) is 59.4 Å². The molecule has 0 aromatic heterocycles. The van der Waals surface area contributed by atoms with Crippen molar-refractivity contribution >= 4 is 15.7 Å². The summed E-state index contributed by atoms with van der Waals surface area (Å²) in [4.78, 5) is -0.602. The number of anilines is 1. The molecule has 2 aromatic carbocycles. The van der Waals surface area contributed by atoms with E-state index in [1.807, 2.05) is 0 Å². The van der Waals surface area contributed by atoms with Gasteiger partial charge in [0.05, 0.1) is 16.1 Å². The number of hydrogen-bond donors (Lipinski definition) is 1. The molecule has 2 aromatic rings. The van der Waals surface area contributed by atoms with Crippen LogP contribution in [-0.4, -0.2) is 8.42 Å². The highest BCUT2D eigenvalue weighted by Gasteiger charge is 2.30. The minimum Gasteiger partial charge on any atom is -0.277 e. The Hall–Kier alpha value is -2.23. The third-order valence-electron chi connectivity index (χ3n) is 2.77. The topological polar surface area (TPSA) is 46.2 Å². The van der Waals surface area contributed by atoms with E-state index >= 15 is 0 Å². The van der Waals surface area contributed by atoms with Gasteiger partial charge in [-0.15, -0.1) is 0 Å². The lowest BCUT2D eigenvalue weighted by molar-refractivity contribution is -0.137. The first-order chi connectivity index (χ1) is 10.5. The summed E-state index contributed by atoms with van der Waals surface area (Å²) in [6, 6.07) is 3.51. The number of halogens is 6. The predicted octanol–water partition coefficient (Wildman–Crippen LogP) is 3.92. The van der Waals surface area contributed by atoms with Gasteiger partial charge in [0.15, 0.2) is 17.5 Å². The highest BCUT2D eigenvalue weighted by molar-refractivity contribution is 7.92. The van der Waals surface area contributed by atoms with Crippen LogP contribution >= 0.6 is 0 Å². The summed E-state index contributed by atoms with van der Waals surface area (Å²) in [5.41, 5.74) is -1.95. The highest BCUT2D eigenvalue weighted by atomic mass is 32.2. The Balaban J connectivity index is 2.35. The van der Waals surface area contributed by atoms with Crippen LogP contribution in [0.4, 0.5) is 32.0 Å². The fraction of sp³-hybridized carbons (Fsp3) is 0.0769. The van der Waals surface area contributed by atoms with Crippen LogP contribution < -0.4 is 4.72 Å². The maximum atomic E-state index is 13.4. The van der Waals surface area contributed by atoms with E-state index in [-0.39, 0.29) is 0 Å². The third kappa shape index (κ3) is 3.58. The highest BCUT2D eigenvalue weighted by Crippen LogP contribution is 2.30. The summed E-state index contributed by atoms with van der Waals surface area (Å²) < 4.78 is 102. The number of sulfonamides is 1. The van der Waals surface area contributed by atoms with Gasteiger partial charge < -0.3 is 0 Å². The third-order valence-corrected chi connectivity index (χ3v) is 4.15. The summed E-state index contributed by atoms with van der Waals surface area (Å²) in [5, 5.41) is 0. The zero-order valence-corrected chi connectivity index (χ0v) is 11.8. The van der Waals surface area contributed by atoms with Crippen molar-refractivity contribution in [2.45, 2.75) is 11.1 Å². The van der Waals surface area contributed by atoms with Gasteiger partial charge in [0.25, 0.3) is 10.0 Å². The summed E-state index contributed by atoms with van der Waals surface area (Å²) in [7, 11) is -4.47. The predicted molar refractivity (Wildman–Crippen MR) is 68.6 cm³/mol. The van der Waals surface area contributed by atoms with E-state index < -0.39 is 49.8 Å². The molecule has 3 nitrogen and oxygen atoms in total. The van der Waals surface area contributed by atoms with Gasteiger partial charge in [-0.25, -0.2) is 21.6 Å². The van der Waals surface area contributed by atoms with E-state index in [0.717, 1.165) is 0 Å². The van der Waals surface area contributed by atoms with Crippen molar-refractivity contribution in [3.8, 4) is 0 Å². The molecule has 0 aliphatic heterocycles. The average Bonchev–Trinajstić information content (AvgIpc) is 2.47. The van der Waals surface area contributed by atoms with E-state index in [1.165, 1.54) is 0 Å². The van der Waals surface area contributed by atoms with Crippen LogP contribution in [0, 0.1) is 17.5 Å². The molecule has 0 radical (unpaired) electrons. The molecule has 23 heavy (non-hydrogen) atoms. The molecule has 0 heterocycles. The Morgan fingerprint density at radius 2 is 1.39 bits per heavy atom. The summed E-state index contributed by atoms with van der Waals surface area (Å²) in [6.45, 7) is 0. The largest absolute Gasteiger partial charge is 0.416 e. The molecule has 0 unspecified atom stereocenters. The Kier molecular flexibility index (Phi) is 4.29. The number of nitrogens with one attached hydrogen (secondary N) is 1. The lowest BCUT2D eigenvalue weighted by atomic mass is 10.2. The molecule has 0 bridgehead atoms. The van der Waals surface area contributed by atoms with Crippen molar-refractivity contribution in [1.82, 2.24) is 0 Å². The quantitative estimate of drug-likeness (QED) is 0.670. The van der Waals surface area contributed by atoms with Crippen LogP contribution in [0.1, 0.15) is 5.56 Å². The van der Waals surface area contributed by atoms with Gasteiger partial charge in [-0.3, -0.25) is 4.72 Å². The second kappa shape index (κ2) is 5.76. The Morgan fingerprint density at radius 1 is 0.826 bits per heavy atom. The molecule has 0 aliphatic carbocycles. The molecule has 10 heteroatoms. The number of alkyl halides is 3. The van der Waals surface area contributed by atoms with Crippen LogP contribution in [0.15, 0.2) is 41.3 Å². The van der Waals surface area contributed by atoms with Crippen molar-refractivity contribution in [3.63, 3.8) is 0 Å². The Bertz CT molecular complexity index is 831. The summed E-state index contributed by atoms with van der Waals surface area (Å²) >= 11 is 0. The zero-order valence-electron chi connectivity index (χ0n) is 11.0. The molecular weight excluding hydrogens is 348 g/mol. The fourth-order valence-electron chi connectivity index (χ4n) is 1.63. The van der Waals surface area contributed by atoms with Crippen molar-refractivity contribution in [2.75, 3.05) is 4.72 Å². The van der Waals surface area contributed by atoms with Gasteiger partial charge in [-0.2, -0.15) is 13.2 Å². The minimum atomic E-state index is -4.65. The second-order valence-corrected chi connectivity index (χ2v) is 6.03. The number of benzene rings is 2. The first-order valence-electron chi connectivity index (χ1n) is 5.86. The second-order valence-electron chi connectivity index (χ2n) is 4.35. The van der Waals surface area contributed by atoms with Crippen LogP contribution in [0.25, 0.3) is 0 Å². The summed E-state index contributed by atoms with van der Waals surface area (Å²) in [5.74, 6) is -5.15. The molecule has 0 atom stereocenters. The van der Waals surface area contributed by atoms with E-state index in [2.05, 4.69) is 0 Å². The SMILES string of the molecule is O=S(=O)(Nc1ccc(F)c(F)c1F)c1ccc(C(F)(F)F)cc1. The van der Waals surface area contributed by atoms with E-state index in [0.29, 0.717) is 36.4 Å². The van der Waals surface area contributed by atoms with Gasteiger partial charge in [0, 0.05) is 0 Å². The van der Waals surface area contributed by atoms with E-state index in [9.17, 15) is 34.8 Å². The maximum absolute atomic E-state index is 13.4. The Morgan fingerprint density at radius 3 is 1.91 bits per heavy atom. The normalized spacial score (nSPS) is 12.3. The Labute approximate surface area is 126 Å². The summed E-state index contributed by atoms with van der Waals surface area (Å²) in [6.07, 6.45) is -4.65. The van der Waals surface area contributed by atoms with Crippen molar-refractivity contribution in [2.24, 2.45) is 0 Å². The molecule has 124 valence electrons. The van der Waals surface area contributed by atoms with E-state index in [1.54, 1.807) is 4.72 Å². The lowest BCUT2D eigenvalue weighted by Crippen LogP contribution is -2.15. The smallest absolute Gasteiger partial charge is 0.277 e.